The molecule has 0 aliphatic heterocycles. The molecule has 3 heterocycles. The van der Waals surface area contributed by atoms with E-state index in [4.69, 9.17) is 10.0 Å². The fraction of sp³-hybridized carbons (Fsp3) is 0.500. The largest absolute Gasteiger partial charge is 1.00 e. The van der Waals surface area contributed by atoms with Crippen molar-refractivity contribution in [1.29, 1.82) is 0 Å². The van der Waals surface area contributed by atoms with Gasteiger partial charge in [-0.25, -0.2) is 0 Å². The van der Waals surface area contributed by atoms with E-state index in [-0.39, 0.29) is 37.0 Å². The van der Waals surface area contributed by atoms with Crippen LogP contribution in [0.2, 0.25) is 0 Å². The van der Waals surface area contributed by atoms with Crippen molar-refractivity contribution in [3.05, 3.63) is 49.2 Å². The van der Waals surface area contributed by atoms with Crippen molar-refractivity contribution in [2.45, 2.75) is 58.5 Å². The van der Waals surface area contributed by atoms with Crippen molar-refractivity contribution in [2.75, 3.05) is 0 Å². The van der Waals surface area contributed by atoms with Gasteiger partial charge in [0.05, 0.1) is 5.59 Å². The van der Waals surface area contributed by atoms with Crippen LogP contribution < -0.4 is 35.2 Å². The molecule has 11 heteroatoms. The molecule has 0 saturated heterocycles. The molecule has 3 N–H and O–H groups in total. The predicted molar refractivity (Wildman–Crippen MR) is 119 cm³/mol. The summed E-state index contributed by atoms with van der Waals surface area (Å²) in [5.74, 6) is 0. The SMILES string of the molecule is CC(C)Br.CC(C)n1cccn1.CC(C)n1nccc1B(O)O.[H-].[Na+].c1cn[nH]c1. The summed E-state index contributed by atoms with van der Waals surface area (Å²) < 4.78 is 3.49. The zero-order valence-electron chi connectivity index (χ0n) is 19.4. The second-order valence-electron chi connectivity index (χ2n) is 6.53. The van der Waals surface area contributed by atoms with Crippen molar-refractivity contribution in [3.8, 4) is 0 Å². The van der Waals surface area contributed by atoms with Crippen LogP contribution in [0, 0.1) is 0 Å². The van der Waals surface area contributed by atoms with Crippen LogP contribution in [0.15, 0.2) is 49.2 Å². The minimum Gasteiger partial charge on any atom is -1.00 e. The maximum Gasteiger partial charge on any atom is 1.00 e. The summed E-state index contributed by atoms with van der Waals surface area (Å²) in [6.07, 6.45) is 8.76. The van der Waals surface area contributed by atoms with Gasteiger partial charge >= 0.3 is 36.7 Å². The third-order valence-electron chi connectivity index (χ3n) is 2.91. The molecule has 158 valence electrons. The molecule has 0 aromatic carbocycles. The van der Waals surface area contributed by atoms with E-state index in [0.717, 1.165) is 0 Å². The number of aromatic nitrogens is 6. The quantitative estimate of drug-likeness (QED) is 0.361. The Hall–Kier alpha value is -0.905. The van der Waals surface area contributed by atoms with Crippen LogP contribution in [-0.4, -0.2) is 51.8 Å². The van der Waals surface area contributed by atoms with E-state index in [1.807, 2.05) is 36.9 Å². The number of halogens is 1. The molecule has 0 aliphatic rings. The zero-order chi connectivity index (χ0) is 21.5. The van der Waals surface area contributed by atoms with Gasteiger partial charge in [0.2, 0.25) is 0 Å². The van der Waals surface area contributed by atoms with Gasteiger partial charge in [-0.1, -0.05) is 29.8 Å². The fourth-order valence-electron chi connectivity index (χ4n) is 1.76. The van der Waals surface area contributed by atoms with Gasteiger partial charge in [0.15, 0.2) is 0 Å². The van der Waals surface area contributed by atoms with Gasteiger partial charge in [0, 0.05) is 47.9 Å². The summed E-state index contributed by atoms with van der Waals surface area (Å²) in [5, 5.41) is 31.8. The van der Waals surface area contributed by atoms with Gasteiger partial charge in [-0.05, 0) is 45.9 Å². The second-order valence-corrected chi connectivity index (χ2v) is 8.36. The minimum absolute atomic E-state index is 0. The number of alkyl halides is 1. The molecule has 0 atom stereocenters. The van der Waals surface area contributed by atoms with Crippen LogP contribution in [0.4, 0.5) is 0 Å². The maximum atomic E-state index is 8.84. The number of aromatic amines is 1. The molecule has 8 nitrogen and oxygen atoms in total. The molecule has 29 heavy (non-hydrogen) atoms. The van der Waals surface area contributed by atoms with E-state index in [2.05, 4.69) is 64.0 Å². The van der Waals surface area contributed by atoms with E-state index in [1.54, 1.807) is 35.5 Å². The third-order valence-corrected chi connectivity index (χ3v) is 2.91. The van der Waals surface area contributed by atoms with Crippen LogP contribution in [0.25, 0.3) is 0 Å². The van der Waals surface area contributed by atoms with Crippen LogP contribution in [0.5, 0.6) is 0 Å². The molecule has 0 amide bonds. The van der Waals surface area contributed by atoms with Gasteiger partial charge in [-0.15, -0.1) is 0 Å². The predicted octanol–water partition coefficient (Wildman–Crippen LogP) is -0.0763. The Bertz CT molecular complexity index is 655. The first kappa shape index (κ1) is 30.3. The Kier molecular flexibility index (Phi) is 18.7. The number of hydrogen-bond acceptors (Lipinski definition) is 5. The van der Waals surface area contributed by atoms with E-state index in [9.17, 15) is 0 Å². The Labute approximate surface area is 206 Å². The first-order valence-electron chi connectivity index (χ1n) is 9.13. The Morgan fingerprint density at radius 1 is 1.00 bits per heavy atom. The van der Waals surface area contributed by atoms with Crippen LogP contribution >= 0.6 is 15.9 Å². The zero-order valence-corrected chi connectivity index (χ0v) is 22.0. The van der Waals surface area contributed by atoms with Crippen molar-refractivity contribution < 1.29 is 41.0 Å². The second kappa shape index (κ2) is 17.9. The van der Waals surface area contributed by atoms with E-state index in [1.165, 1.54) is 0 Å². The molecule has 0 aliphatic carbocycles. The molecule has 0 unspecified atom stereocenters. The van der Waals surface area contributed by atoms with Gasteiger partial charge in [0.1, 0.15) is 0 Å². The molecule has 0 fully saturated rings. The topological polar surface area (TPSA) is 105 Å². The number of nitrogens with one attached hydrogen (secondary N) is 1. The van der Waals surface area contributed by atoms with Gasteiger partial charge in [-0.2, -0.15) is 15.3 Å². The van der Waals surface area contributed by atoms with Crippen molar-refractivity contribution >= 4 is 28.6 Å². The van der Waals surface area contributed by atoms with Crippen LogP contribution in [0.3, 0.4) is 0 Å². The summed E-state index contributed by atoms with van der Waals surface area (Å²) in [5.41, 5.74) is 0.431. The van der Waals surface area contributed by atoms with Gasteiger partial charge in [-0.3, -0.25) is 14.5 Å². The molecular formula is C18H33BBrN6NaO2. The molecule has 3 aromatic heterocycles. The summed E-state index contributed by atoms with van der Waals surface area (Å²) in [6, 6.07) is 6.00. The Morgan fingerprint density at radius 3 is 1.86 bits per heavy atom. The van der Waals surface area contributed by atoms with Gasteiger partial charge in [0.25, 0.3) is 0 Å². The smallest absolute Gasteiger partial charge is 1.00 e. The Balaban J connectivity index is -0.000000340. The number of hydrogen-bond donors (Lipinski definition) is 3. The summed E-state index contributed by atoms with van der Waals surface area (Å²) in [4.78, 5) is 0.646. The van der Waals surface area contributed by atoms with Crippen molar-refractivity contribution in [1.82, 2.24) is 29.8 Å². The summed E-state index contributed by atoms with van der Waals surface area (Å²) in [6.45, 7) is 12.2. The third kappa shape index (κ3) is 15.6. The first-order valence-corrected chi connectivity index (χ1v) is 10.0. The van der Waals surface area contributed by atoms with Crippen LogP contribution in [0.1, 0.15) is 55.1 Å². The molecule has 0 spiro atoms. The number of rotatable bonds is 3. The van der Waals surface area contributed by atoms with E-state index in [0.29, 0.717) is 16.5 Å². The molecule has 3 rings (SSSR count). The standard InChI is InChI=1S/C6H11BN2O2.C6H10N2.C3H7Br.C3H4N2.Na.H/c1-5(2)9-6(7(10)11)3-4-8-9;1-6(2)8-5-3-4-7-8;1-3(2)4;1-2-4-5-3-1;;/h3-5,10-11H,1-2H3;3-6H,1-2H3;3H,1-2H3;1-3H,(H,4,5);;/q;;;;+1;-1. The minimum atomic E-state index is -1.43. The first-order chi connectivity index (χ1) is 13.2. The van der Waals surface area contributed by atoms with Crippen LogP contribution in [-0.2, 0) is 0 Å². The molecule has 0 saturated carbocycles. The monoisotopic (exact) mass is 478 g/mol. The van der Waals surface area contributed by atoms with Gasteiger partial charge < -0.3 is 11.5 Å². The fourth-order valence-corrected chi connectivity index (χ4v) is 1.76. The number of nitrogens with zero attached hydrogens (tertiary/aromatic N) is 5. The summed E-state index contributed by atoms with van der Waals surface area (Å²) in [7, 11) is -1.43. The Morgan fingerprint density at radius 2 is 1.62 bits per heavy atom. The van der Waals surface area contributed by atoms with E-state index < -0.39 is 7.12 Å². The van der Waals surface area contributed by atoms with E-state index >= 15 is 0 Å². The average Bonchev–Trinajstić information content (AvgIpc) is 3.38. The molecule has 0 bridgehead atoms. The summed E-state index contributed by atoms with van der Waals surface area (Å²) >= 11 is 3.27. The number of H-pyrrole nitrogens is 1. The maximum absolute atomic E-state index is 8.84. The normalized spacial score (nSPS) is 9.52. The van der Waals surface area contributed by atoms with Crippen molar-refractivity contribution in [2.24, 2.45) is 0 Å². The molecular weight excluding hydrogens is 446 g/mol. The average molecular weight is 479 g/mol. The molecule has 0 radical (unpaired) electrons. The molecule has 3 aromatic rings. The van der Waals surface area contributed by atoms with Crippen molar-refractivity contribution in [3.63, 3.8) is 0 Å².